The summed E-state index contributed by atoms with van der Waals surface area (Å²) < 4.78 is 67.6. The lowest BCUT2D eigenvalue weighted by Gasteiger charge is -2.20. The Morgan fingerprint density at radius 1 is 1.11 bits per heavy atom. The largest absolute Gasteiger partial charge is 0.487 e. The summed E-state index contributed by atoms with van der Waals surface area (Å²) in [4.78, 5) is 11.7. The van der Waals surface area contributed by atoms with Crippen molar-refractivity contribution >= 4 is 22.8 Å². The number of aromatic amines is 1. The monoisotopic (exact) mass is 403 g/mol. The van der Waals surface area contributed by atoms with Gasteiger partial charge in [-0.3, -0.25) is 4.98 Å². The Morgan fingerprint density at radius 3 is 2.56 bits per heavy atom. The van der Waals surface area contributed by atoms with E-state index in [-0.39, 0.29) is 5.75 Å². The fourth-order valence-corrected chi connectivity index (χ4v) is 3.16. The molecule has 0 bridgehead atoms. The van der Waals surface area contributed by atoms with Crippen LogP contribution in [0.25, 0.3) is 11.0 Å². The first-order valence-electron chi connectivity index (χ1n) is 7.77. The number of hydrogen-bond donors (Lipinski definition) is 1. The lowest BCUT2D eigenvalue weighted by atomic mass is 10.2. The molecular formula is C17H14F5N3OS. The zero-order chi connectivity index (χ0) is 19.7. The molecule has 1 N–H and O–H groups in total. The highest BCUT2D eigenvalue weighted by Crippen LogP contribution is 2.36. The van der Waals surface area contributed by atoms with Gasteiger partial charge >= 0.3 is 12.1 Å². The molecule has 0 atom stereocenters. The Balaban J connectivity index is 1.69. The van der Waals surface area contributed by atoms with Gasteiger partial charge in [-0.1, -0.05) is 23.9 Å². The predicted molar refractivity (Wildman–Crippen MR) is 91.1 cm³/mol. The highest BCUT2D eigenvalue weighted by molar-refractivity contribution is 7.98. The number of aromatic nitrogens is 3. The normalized spacial score (nSPS) is 12.5. The minimum absolute atomic E-state index is 0.0610. The molecule has 3 aromatic rings. The number of hydrogen-bond acceptors (Lipinski definition) is 4. The Hall–Kier alpha value is -2.36. The summed E-state index contributed by atoms with van der Waals surface area (Å²) in [5.74, 6) is -4.64. The first-order chi connectivity index (χ1) is 12.7. The van der Waals surface area contributed by atoms with E-state index in [2.05, 4.69) is 15.0 Å². The van der Waals surface area contributed by atoms with Crippen LogP contribution in [0.5, 0.6) is 5.75 Å². The van der Waals surface area contributed by atoms with Crippen molar-refractivity contribution in [2.24, 2.45) is 0 Å². The number of ether oxygens (including phenoxy) is 1. The van der Waals surface area contributed by atoms with Crippen LogP contribution in [-0.2, 0) is 5.75 Å². The standard InChI is InChI=1S/C17H14F5N3OS/c1-10-13(8-27-15-24-11-4-2-3-5-12(11)25-15)23-7-6-14(10)26-9-16(18,19)17(20,21)22/h2-7H,8-9H2,1H3,(H,24,25). The number of nitrogens with one attached hydrogen (secondary N) is 1. The van der Waals surface area contributed by atoms with Crippen LogP contribution in [0.3, 0.4) is 0 Å². The highest BCUT2D eigenvalue weighted by Gasteiger charge is 2.58. The predicted octanol–water partition coefficient (Wildman–Crippen LogP) is 5.14. The molecule has 0 aliphatic carbocycles. The molecule has 3 rings (SSSR count). The topological polar surface area (TPSA) is 50.8 Å². The molecule has 2 aromatic heterocycles. The minimum atomic E-state index is -5.66. The molecule has 10 heteroatoms. The number of alkyl halides is 5. The Kier molecular flexibility index (Phi) is 5.27. The maximum absolute atomic E-state index is 13.0. The molecule has 144 valence electrons. The summed E-state index contributed by atoms with van der Waals surface area (Å²) in [7, 11) is 0. The van der Waals surface area contributed by atoms with Crippen molar-refractivity contribution in [3.8, 4) is 5.75 Å². The van der Waals surface area contributed by atoms with Gasteiger partial charge < -0.3 is 9.72 Å². The molecule has 0 amide bonds. The van der Waals surface area contributed by atoms with Gasteiger partial charge in [0.1, 0.15) is 5.75 Å². The Bertz CT molecular complexity index is 909. The van der Waals surface area contributed by atoms with E-state index >= 15 is 0 Å². The third-order valence-corrected chi connectivity index (χ3v) is 4.68. The van der Waals surface area contributed by atoms with Gasteiger partial charge in [-0.05, 0) is 25.1 Å². The lowest BCUT2D eigenvalue weighted by molar-refractivity contribution is -0.290. The molecule has 27 heavy (non-hydrogen) atoms. The van der Waals surface area contributed by atoms with Crippen LogP contribution in [0.15, 0.2) is 41.7 Å². The smallest absolute Gasteiger partial charge is 0.456 e. The van der Waals surface area contributed by atoms with Crippen LogP contribution in [0.4, 0.5) is 22.0 Å². The van der Waals surface area contributed by atoms with E-state index in [1.807, 2.05) is 24.3 Å². The third kappa shape index (κ3) is 4.32. The van der Waals surface area contributed by atoms with E-state index < -0.39 is 18.7 Å². The summed E-state index contributed by atoms with van der Waals surface area (Å²) >= 11 is 1.34. The summed E-state index contributed by atoms with van der Waals surface area (Å²) in [6.45, 7) is -0.222. The van der Waals surface area contributed by atoms with Gasteiger partial charge in [-0.2, -0.15) is 22.0 Å². The van der Waals surface area contributed by atoms with Gasteiger partial charge in [0.2, 0.25) is 0 Å². The van der Waals surface area contributed by atoms with E-state index in [0.717, 1.165) is 11.0 Å². The number of nitrogens with zero attached hydrogens (tertiary/aromatic N) is 2. The van der Waals surface area contributed by atoms with Crippen molar-refractivity contribution in [2.75, 3.05) is 6.61 Å². The number of pyridine rings is 1. The van der Waals surface area contributed by atoms with Crippen LogP contribution in [0.1, 0.15) is 11.3 Å². The molecule has 0 saturated heterocycles. The molecule has 2 heterocycles. The molecule has 0 aliphatic rings. The summed E-state index contributed by atoms with van der Waals surface area (Å²) in [6, 6.07) is 8.73. The number of halogens is 5. The van der Waals surface area contributed by atoms with Gasteiger partial charge in [-0.25, -0.2) is 4.98 Å². The number of fused-ring (bicyclic) bond motifs is 1. The van der Waals surface area contributed by atoms with Crippen molar-refractivity contribution in [1.29, 1.82) is 0 Å². The molecule has 0 radical (unpaired) electrons. The first kappa shape index (κ1) is 19.4. The fourth-order valence-electron chi connectivity index (χ4n) is 2.25. The van der Waals surface area contributed by atoms with Crippen molar-refractivity contribution in [3.05, 3.63) is 47.8 Å². The maximum atomic E-state index is 13.0. The summed E-state index contributed by atoms with van der Waals surface area (Å²) in [6.07, 6.45) is -4.35. The van der Waals surface area contributed by atoms with Gasteiger partial charge in [-0.15, -0.1) is 0 Å². The average molecular weight is 403 g/mol. The van der Waals surface area contributed by atoms with E-state index in [9.17, 15) is 22.0 Å². The van der Waals surface area contributed by atoms with Crippen molar-refractivity contribution < 1.29 is 26.7 Å². The lowest BCUT2D eigenvalue weighted by Crippen LogP contribution is -2.41. The highest BCUT2D eigenvalue weighted by atomic mass is 32.2. The van der Waals surface area contributed by atoms with Gasteiger partial charge in [0.25, 0.3) is 0 Å². The van der Waals surface area contributed by atoms with Crippen molar-refractivity contribution in [2.45, 2.75) is 29.9 Å². The minimum Gasteiger partial charge on any atom is -0.487 e. The second-order valence-corrected chi connectivity index (χ2v) is 6.68. The van der Waals surface area contributed by atoms with Crippen molar-refractivity contribution in [3.63, 3.8) is 0 Å². The van der Waals surface area contributed by atoms with Crippen LogP contribution in [-0.4, -0.2) is 33.7 Å². The van der Waals surface area contributed by atoms with Crippen molar-refractivity contribution in [1.82, 2.24) is 15.0 Å². The van der Waals surface area contributed by atoms with Crippen LogP contribution < -0.4 is 4.74 Å². The Morgan fingerprint density at radius 2 is 1.85 bits per heavy atom. The SMILES string of the molecule is Cc1c(OCC(F)(F)C(F)(F)F)ccnc1CSc1nc2ccccc2[nH]1. The van der Waals surface area contributed by atoms with Gasteiger partial charge in [0, 0.05) is 17.5 Å². The van der Waals surface area contributed by atoms with E-state index in [1.165, 1.54) is 24.0 Å². The zero-order valence-corrected chi connectivity index (χ0v) is 14.8. The van der Waals surface area contributed by atoms with E-state index in [0.29, 0.717) is 22.2 Å². The summed E-state index contributed by atoms with van der Waals surface area (Å²) in [5.41, 5.74) is 2.58. The van der Waals surface area contributed by atoms with Gasteiger partial charge in [0.15, 0.2) is 11.8 Å². The first-order valence-corrected chi connectivity index (χ1v) is 8.75. The number of rotatable bonds is 6. The molecule has 4 nitrogen and oxygen atoms in total. The second kappa shape index (κ2) is 7.34. The molecule has 1 aromatic carbocycles. The molecule has 0 spiro atoms. The number of benzene rings is 1. The molecule has 0 saturated carbocycles. The third-order valence-electron chi connectivity index (χ3n) is 3.80. The fraction of sp³-hybridized carbons (Fsp3) is 0.294. The zero-order valence-electron chi connectivity index (χ0n) is 14.0. The second-order valence-electron chi connectivity index (χ2n) is 5.72. The van der Waals surface area contributed by atoms with Gasteiger partial charge in [0.05, 0.1) is 16.7 Å². The number of para-hydroxylation sites is 2. The van der Waals surface area contributed by atoms with E-state index in [4.69, 9.17) is 4.74 Å². The number of H-pyrrole nitrogens is 1. The maximum Gasteiger partial charge on any atom is 0.456 e. The van der Waals surface area contributed by atoms with Crippen LogP contribution in [0, 0.1) is 6.92 Å². The number of imidazole rings is 1. The Labute approximate surface area is 155 Å². The molecule has 0 unspecified atom stereocenters. The number of thioether (sulfide) groups is 1. The molecule has 0 fully saturated rings. The van der Waals surface area contributed by atoms with Crippen LogP contribution in [0.2, 0.25) is 0 Å². The molecular weight excluding hydrogens is 389 g/mol. The molecule has 0 aliphatic heterocycles. The summed E-state index contributed by atoms with van der Waals surface area (Å²) in [5, 5.41) is 0.646. The van der Waals surface area contributed by atoms with E-state index in [1.54, 1.807) is 6.92 Å². The van der Waals surface area contributed by atoms with Crippen LogP contribution >= 0.6 is 11.8 Å². The average Bonchev–Trinajstić information content (AvgIpc) is 3.01. The quantitative estimate of drug-likeness (QED) is 0.458.